The molecule has 1 aromatic rings. The Kier molecular flexibility index (Phi) is 3.34. The Morgan fingerprint density at radius 2 is 2.00 bits per heavy atom. The molecular formula is C13H16F2N2O. The van der Waals surface area contributed by atoms with E-state index in [4.69, 9.17) is 5.73 Å². The van der Waals surface area contributed by atoms with Gasteiger partial charge in [0.05, 0.1) is 5.54 Å². The lowest BCUT2D eigenvalue weighted by molar-refractivity contribution is -0.123. The van der Waals surface area contributed by atoms with Crippen molar-refractivity contribution in [2.24, 2.45) is 5.73 Å². The van der Waals surface area contributed by atoms with E-state index < -0.39 is 17.2 Å². The van der Waals surface area contributed by atoms with Gasteiger partial charge in [-0.15, -0.1) is 0 Å². The van der Waals surface area contributed by atoms with Crippen LogP contribution in [0.3, 0.4) is 0 Å². The molecule has 1 saturated carbocycles. The molecule has 0 bridgehead atoms. The van der Waals surface area contributed by atoms with Gasteiger partial charge in [0.2, 0.25) is 5.91 Å². The van der Waals surface area contributed by atoms with Crippen molar-refractivity contribution in [3.8, 4) is 0 Å². The molecule has 3 nitrogen and oxygen atoms in total. The highest BCUT2D eigenvalue weighted by Crippen LogP contribution is 2.32. The molecule has 0 spiro atoms. The molecule has 1 atom stereocenters. The Balaban J connectivity index is 1.99. The van der Waals surface area contributed by atoms with Crippen LogP contribution in [0.15, 0.2) is 18.2 Å². The molecule has 1 aromatic carbocycles. The molecule has 5 heteroatoms. The van der Waals surface area contributed by atoms with Crippen LogP contribution in [0.1, 0.15) is 25.3 Å². The standard InChI is InChI=1S/C13H16F2N2O/c1-8(17-12(18)13(16)5-6-13)7-9-10(14)3-2-4-11(9)15/h2-4,8H,5-7,16H2,1H3,(H,17,18). The van der Waals surface area contributed by atoms with Crippen molar-refractivity contribution in [3.63, 3.8) is 0 Å². The van der Waals surface area contributed by atoms with Crippen LogP contribution in [-0.4, -0.2) is 17.5 Å². The fraction of sp³-hybridized carbons (Fsp3) is 0.462. The summed E-state index contributed by atoms with van der Waals surface area (Å²) in [5.74, 6) is -1.43. The van der Waals surface area contributed by atoms with Crippen molar-refractivity contribution in [1.29, 1.82) is 0 Å². The minimum atomic E-state index is -0.762. The van der Waals surface area contributed by atoms with Crippen LogP contribution in [0.2, 0.25) is 0 Å². The second-order valence-corrected chi connectivity index (χ2v) is 4.93. The zero-order chi connectivity index (χ0) is 13.3. The van der Waals surface area contributed by atoms with Crippen LogP contribution in [0.25, 0.3) is 0 Å². The number of nitrogens with two attached hydrogens (primary N) is 1. The maximum absolute atomic E-state index is 13.4. The van der Waals surface area contributed by atoms with Crippen LogP contribution >= 0.6 is 0 Å². The summed E-state index contributed by atoms with van der Waals surface area (Å²) >= 11 is 0. The van der Waals surface area contributed by atoms with Gasteiger partial charge in [-0.05, 0) is 38.3 Å². The summed E-state index contributed by atoms with van der Waals surface area (Å²) in [4.78, 5) is 11.7. The molecule has 0 saturated heterocycles. The Morgan fingerprint density at radius 3 is 2.50 bits per heavy atom. The highest BCUT2D eigenvalue weighted by molar-refractivity contribution is 5.89. The molecule has 0 aromatic heterocycles. The van der Waals surface area contributed by atoms with Gasteiger partial charge >= 0.3 is 0 Å². The highest BCUT2D eigenvalue weighted by atomic mass is 19.1. The third kappa shape index (κ3) is 2.67. The fourth-order valence-corrected chi connectivity index (χ4v) is 1.81. The lowest BCUT2D eigenvalue weighted by atomic mass is 10.1. The van der Waals surface area contributed by atoms with Crippen LogP contribution in [-0.2, 0) is 11.2 Å². The molecule has 2 rings (SSSR count). The van der Waals surface area contributed by atoms with E-state index in [9.17, 15) is 13.6 Å². The van der Waals surface area contributed by atoms with Gasteiger partial charge in [0.15, 0.2) is 0 Å². The van der Waals surface area contributed by atoms with Crippen LogP contribution < -0.4 is 11.1 Å². The van der Waals surface area contributed by atoms with Crippen molar-refractivity contribution in [3.05, 3.63) is 35.4 Å². The first-order chi connectivity index (χ1) is 8.42. The Morgan fingerprint density at radius 1 is 1.44 bits per heavy atom. The van der Waals surface area contributed by atoms with Gasteiger partial charge in [-0.1, -0.05) is 6.07 Å². The molecule has 1 aliphatic carbocycles. The smallest absolute Gasteiger partial charge is 0.240 e. The second kappa shape index (κ2) is 4.65. The number of amides is 1. The average Bonchev–Trinajstić information content (AvgIpc) is 3.03. The lowest BCUT2D eigenvalue weighted by Crippen LogP contribution is -2.46. The van der Waals surface area contributed by atoms with E-state index in [1.165, 1.54) is 18.2 Å². The van der Waals surface area contributed by atoms with Crippen molar-refractivity contribution in [2.75, 3.05) is 0 Å². The SMILES string of the molecule is CC(Cc1c(F)cccc1F)NC(=O)C1(N)CC1. The minimum Gasteiger partial charge on any atom is -0.352 e. The van der Waals surface area contributed by atoms with Crippen LogP contribution in [0, 0.1) is 11.6 Å². The van der Waals surface area contributed by atoms with E-state index in [2.05, 4.69) is 5.32 Å². The Hall–Kier alpha value is -1.49. The minimum absolute atomic E-state index is 0.00725. The molecule has 1 amide bonds. The zero-order valence-electron chi connectivity index (χ0n) is 10.2. The summed E-state index contributed by atoms with van der Waals surface area (Å²) < 4.78 is 26.8. The number of carbonyl (C=O) groups is 1. The normalized spacial score (nSPS) is 18.2. The van der Waals surface area contributed by atoms with E-state index in [1.54, 1.807) is 6.92 Å². The second-order valence-electron chi connectivity index (χ2n) is 4.93. The summed E-state index contributed by atoms with van der Waals surface area (Å²) in [6, 6.07) is 3.37. The van der Waals surface area contributed by atoms with E-state index in [0.29, 0.717) is 12.8 Å². The molecule has 0 radical (unpaired) electrons. The summed E-state index contributed by atoms with van der Waals surface area (Å²) in [6.45, 7) is 1.70. The van der Waals surface area contributed by atoms with Crippen LogP contribution in [0.4, 0.5) is 8.78 Å². The van der Waals surface area contributed by atoms with Crippen molar-refractivity contribution >= 4 is 5.91 Å². The van der Waals surface area contributed by atoms with Gasteiger partial charge < -0.3 is 11.1 Å². The number of hydrogen-bond donors (Lipinski definition) is 2. The van der Waals surface area contributed by atoms with E-state index in [-0.39, 0.29) is 23.9 Å². The molecule has 98 valence electrons. The third-order valence-corrected chi connectivity index (χ3v) is 3.19. The predicted octanol–water partition coefficient (Wildman–Crippen LogP) is 1.50. The van der Waals surface area contributed by atoms with Gasteiger partial charge in [-0.2, -0.15) is 0 Å². The molecule has 0 heterocycles. The molecule has 1 aliphatic rings. The molecule has 18 heavy (non-hydrogen) atoms. The molecule has 3 N–H and O–H groups in total. The Bertz CT molecular complexity index is 452. The summed E-state index contributed by atoms with van der Waals surface area (Å²) in [5, 5.41) is 2.69. The summed E-state index contributed by atoms with van der Waals surface area (Å²) in [6.07, 6.45) is 1.44. The third-order valence-electron chi connectivity index (χ3n) is 3.19. The van der Waals surface area contributed by atoms with Crippen LogP contribution in [0.5, 0.6) is 0 Å². The number of rotatable bonds is 4. The number of benzene rings is 1. The van der Waals surface area contributed by atoms with Crippen molar-refractivity contribution in [2.45, 2.75) is 37.8 Å². The summed E-state index contributed by atoms with van der Waals surface area (Å²) in [7, 11) is 0. The molecule has 1 fully saturated rings. The molecular weight excluding hydrogens is 238 g/mol. The largest absolute Gasteiger partial charge is 0.352 e. The van der Waals surface area contributed by atoms with E-state index in [1.807, 2.05) is 0 Å². The van der Waals surface area contributed by atoms with Gasteiger partial charge in [-0.3, -0.25) is 4.79 Å². The lowest BCUT2D eigenvalue weighted by Gasteiger charge is -2.17. The Labute approximate surface area is 104 Å². The zero-order valence-corrected chi connectivity index (χ0v) is 10.2. The van der Waals surface area contributed by atoms with Crippen molar-refractivity contribution < 1.29 is 13.6 Å². The predicted molar refractivity (Wildman–Crippen MR) is 63.8 cm³/mol. The quantitative estimate of drug-likeness (QED) is 0.855. The van der Waals surface area contributed by atoms with E-state index in [0.717, 1.165) is 0 Å². The number of carbonyl (C=O) groups excluding carboxylic acids is 1. The summed E-state index contributed by atoms with van der Waals surface area (Å²) in [5.41, 5.74) is 4.96. The first-order valence-electron chi connectivity index (χ1n) is 5.95. The monoisotopic (exact) mass is 254 g/mol. The first kappa shape index (κ1) is 13.0. The first-order valence-corrected chi connectivity index (χ1v) is 5.95. The van der Waals surface area contributed by atoms with Gasteiger partial charge in [0, 0.05) is 11.6 Å². The maximum Gasteiger partial charge on any atom is 0.240 e. The van der Waals surface area contributed by atoms with Gasteiger partial charge in [-0.25, -0.2) is 8.78 Å². The van der Waals surface area contributed by atoms with Crippen molar-refractivity contribution in [1.82, 2.24) is 5.32 Å². The topological polar surface area (TPSA) is 55.1 Å². The van der Waals surface area contributed by atoms with E-state index >= 15 is 0 Å². The van der Waals surface area contributed by atoms with Gasteiger partial charge in [0.1, 0.15) is 11.6 Å². The number of hydrogen-bond acceptors (Lipinski definition) is 2. The fourth-order valence-electron chi connectivity index (χ4n) is 1.81. The van der Waals surface area contributed by atoms with Gasteiger partial charge in [0.25, 0.3) is 0 Å². The highest BCUT2D eigenvalue weighted by Gasteiger charge is 2.46. The number of halogens is 2. The number of nitrogens with one attached hydrogen (secondary N) is 1. The average molecular weight is 254 g/mol. The molecule has 1 unspecified atom stereocenters. The molecule has 0 aliphatic heterocycles. The maximum atomic E-state index is 13.4.